The highest BCUT2D eigenvalue weighted by atomic mass is 127. The van der Waals surface area contributed by atoms with Crippen molar-refractivity contribution in [2.75, 3.05) is 39.2 Å². The molecule has 0 saturated carbocycles. The van der Waals surface area contributed by atoms with Crippen molar-refractivity contribution in [1.29, 1.82) is 0 Å². The van der Waals surface area contributed by atoms with Gasteiger partial charge in [-0.3, -0.25) is 9.79 Å². The van der Waals surface area contributed by atoms with Gasteiger partial charge in [-0.05, 0) is 61.6 Å². The van der Waals surface area contributed by atoms with Gasteiger partial charge in [-0.25, -0.2) is 0 Å². The fourth-order valence-corrected chi connectivity index (χ4v) is 3.15. The van der Waals surface area contributed by atoms with Crippen LogP contribution in [0.15, 0.2) is 47.5 Å². The highest BCUT2D eigenvalue weighted by Gasteiger charge is 2.05. The molecule has 0 bridgehead atoms. The van der Waals surface area contributed by atoms with E-state index in [2.05, 4.69) is 27.0 Å². The zero-order chi connectivity index (χ0) is 22.5. The molecule has 0 spiro atoms. The molecule has 3 N–H and O–H groups in total. The largest absolute Gasteiger partial charge is 0.493 e. The Bertz CT molecular complexity index is 857. The number of anilines is 1. The number of nitrogens with zero attached hydrogens (tertiary/aromatic N) is 1. The van der Waals surface area contributed by atoms with Crippen molar-refractivity contribution in [3.8, 4) is 11.5 Å². The van der Waals surface area contributed by atoms with Gasteiger partial charge in [-0.2, -0.15) is 0 Å². The molecule has 0 aliphatic carbocycles. The normalized spacial score (nSPS) is 10.7. The molecule has 0 saturated heterocycles. The van der Waals surface area contributed by atoms with Crippen molar-refractivity contribution in [2.45, 2.75) is 33.1 Å². The predicted molar refractivity (Wildman–Crippen MR) is 142 cm³/mol. The van der Waals surface area contributed by atoms with Crippen molar-refractivity contribution >= 4 is 41.5 Å². The molecular weight excluding hydrogens is 519 g/mol. The minimum Gasteiger partial charge on any atom is -0.493 e. The number of amides is 1. The Labute approximate surface area is 208 Å². The summed E-state index contributed by atoms with van der Waals surface area (Å²) in [6, 6.07) is 14.0. The number of benzene rings is 2. The lowest BCUT2D eigenvalue weighted by Crippen LogP contribution is -2.38. The molecule has 176 valence electrons. The van der Waals surface area contributed by atoms with Gasteiger partial charge in [0.2, 0.25) is 5.91 Å². The Morgan fingerprint density at radius 1 is 0.969 bits per heavy atom. The number of carbonyl (C=O) groups is 1. The van der Waals surface area contributed by atoms with Crippen molar-refractivity contribution in [3.05, 3.63) is 53.6 Å². The van der Waals surface area contributed by atoms with Gasteiger partial charge in [-0.15, -0.1) is 24.0 Å². The minimum absolute atomic E-state index is 0. The molecule has 1 amide bonds. The number of ether oxygens (including phenoxy) is 2. The topological polar surface area (TPSA) is 84.0 Å². The van der Waals surface area contributed by atoms with Gasteiger partial charge in [0.1, 0.15) is 0 Å². The number of hydrogen-bond donors (Lipinski definition) is 3. The van der Waals surface area contributed by atoms with E-state index < -0.39 is 0 Å². The first kappa shape index (κ1) is 27.5. The molecule has 0 heterocycles. The zero-order valence-electron chi connectivity index (χ0n) is 19.4. The van der Waals surface area contributed by atoms with Crippen LogP contribution in [0.1, 0.15) is 31.4 Å². The Kier molecular flexibility index (Phi) is 13.2. The molecule has 2 aromatic carbocycles. The number of carbonyl (C=O) groups excluding carboxylic acids is 1. The van der Waals surface area contributed by atoms with Crippen LogP contribution in [-0.4, -0.2) is 45.7 Å². The van der Waals surface area contributed by atoms with Crippen LogP contribution in [0.3, 0.4) is 0 Å². The fourth-order valence-electron chi connectivity index (χ4n) is 3.15. The molecule has 0 aliphatic rings. The van der Waals surface area contributed by atoms with Crippen LogP contribution in [0.25, 0.3) is 0 Å². The summed E-state index contributed by atoms with van der Waals surface area (Å²) in [5.74, 6) is 2.28. The van der Waals surface area contributed by atoms with E-state index in [4.69, 9.17) is 9.47 Å². The first-order valence-corrected chi connectivity index (χ1v) is 10.7. The second-order valence-corrected chi connectivity index (χ2v) is 7.08. The van der Waals surface area contributed by atoms with Crippen LogP contribution in [0.5, 0.6) is 11.5 Å². The smallest absolute Gasteiger partial charge is 0.221 e. The zero-order valence-corrected chi connectivity index (χ0v) is 21.7. The third-order valence-electron chi connectivity index (χ3n) is 4.67. The number of guanidine groups is 1. The maximum atomic E-state index is 11.1. The summed E-state index contributed by atoms with van der Waals surface area (Å²) < 4.78 is 11.0. The number of hydrogen-bond acceptors (Lipinski definition) is 4. The summed E-state index contributed by atoms with van der Waals surface area (Å²) in [7, 11) is 3.43. The fraction of sp³-hybridized carbons (Fsp3) is 0.417. The second-order valence-electron chi connectivity index (χ2n) is 7.08. The van der Waals surface area contributed by atoms with Gasteiger partial charge < -0.3 is 25.4 Å². The van der Waals surface area contributed by atoms with E-state index in [0.717, 1.165) is 55.5 Å². The van der Waals surface area contributed by atoms with Crippen LogP contribution in [-0.2, 0) is 17.6 Å². The summed E-state index contributed by atoms with van der Waals surface area (Å²) in [5.41, 5.74) is 3.23. The summed E-state index contributed by atoms with van der Waals surface area (Å²) in [6.45, 7) is 5.68. The number of nitrogens with one attached hydrogen (secondary N) is 3. The summed E-state index contributed by atoms with van der Waals surface area (Å²) in [5, 5.41) is 9.47. The molecule has 0 atom stereocenters. The molecule has 8 heteroatoms. The van der Waals surface area contributed by atoms with E-state index in [9.17, 15) is 4.79 Å². The maximum absolute atomic E-state index is 11.1. The average Bonchev–Trinajstić information content (AvgIpc) is 2.76. The summed E-state index contributed by atoms with van der Waals surface area (Å²) in [4.78, 5) is 15.4. The molecule has 0 aliphatic heterocycles. The third kappa shape index (κ3) is 9.76. The lowest BCUT2D eigenvalue weighted by Gasteiger charge is -2.13. The van der Waals surface area contributed by atoms with E-state index in [0.29, 0.717) is 6.61 Å². The number of aliphatic imine (C=N–C) groups is 1. The van der Waals surface area contributed by atoms with E-state index in [1.54, 1.807) is 14.2 Å². The van der Waals surface area contributed by atoms with Crippen molar-refractivity contribution in [3.63, 3.8) is 0 Å². The first-order valence-electron chi connectivity index (χ1n) is 10.7. The van der Waals surface area contributed by atoms with Gasteiger partial charge in [0.25, 0.3) is 0 Å². The van der Waals surface area contributed by atoms with Crippen LogP contribution >= 0.6 is 24.0 Å². The Morgan fingerprint density at radius 2 is 1.66 bits per heavy atom. The monoisotopic (exact) mass is 554 g/mol. The highest BCUT2D eigenvalue weighted by Crippen LogP contribution is 2.28. The van der Waals surface area contributed by atoms with E-state index in [1.807, 2.05) is 43.3 Å². The number of halogens is 1. The van der Waals surface area contributed by atoms with Gasteiger partial charge in [0, 0.05) is 32.7 Å². The van der Waals surface area contributed by atoms with Gasteiger partial charge >= 0.3 is 0 Å². The molecule has 0 unspecified atom stereocenters. The minimum atomic E-state index is -0.0639. The van der Waals surface area contributed by atoms with E-state index >= 15 is 0 Å². The van der Waals surface area contributed by atoms with Crippen LogP contribution < -0.4 is 25.4 Å². The molecule has 32 heavy (non-hydrogen) atoms. The third-order valence-corrected chi connectivity index (χ3v) is 4.67. The maximum Gasteiger partial charge on any atom is 0.221 e. The molecule has 0 radical (unpaired) electrons. The van der Waals surface area contributed by atoms with Gasteiger partial charge in [0.15, 0.2) is 17.5 Å². The van der Waals surface area contributed by atoms with Crippen molar-refractivity contribution in [2.24, 2.45) is 4.99 Å². The molecule has 2 aromatic rings. The number of aryl methyl sites for hydroxylation is 1. The SMILES string of the molecule is CCOc1cc(CCCNC(=NC)NCCc2ccc(NC(C)=O)cc2)ccc1OC.I. The highest BCUT2D eigenvalue weighted by molar-refractivity contribution is 14.0. The number of rotatable bonds is 11. The standard InChI is InChI=1S/C24H34N4O3.HI/c1-5-31-23-17-20(10-13-22(23)30-4)7-6-15-26-24(25-3)27-16-14-19-8-11-21(12-9-19)28-18(2)29;/h8-13,17H,5-7,14-16H2,1-4H3,(H,28,29)(H2,25,26,27);1H. The van der Waals surface area contributed by atoms with Crippen molar-refractivity contribution < 1.29 is 14.3 Å². The Morgan fingerprint density at radius 3 is 2.28 bits per heavy atom. The quantitative estimate of drug-likeness (QED) is 0.169. The first-order chi connectivity index (χ1) is 15.0. The van der Waals surface area contributed by atoms with Gasteiger partial charge in [0.05, 0.1) is 13.7 Å². The van der Waals surface area contributed by atoms with Crippen molar-refractivity contribution in [1.82, 2.24) is 10.6 Å². The van der Waals surface area contributed by atoms with Gasteiger partial charge in [-0.1, -0.05) is 18.2 Å². The average molecular weight is 554 g/mol. The Hall–Kier alpha value is -2.49. The lowest BCUT2D eigenvalue weighted by atomic mass is 10.1. The predicted octanol–water partition coefficient (Wildman–Crippen LogP) is 4.01. The summed E-state index contributed by atoms with van der Waals surface area (Å²) >= 11 is 0. The summed E-state index contributed by atoms with van der Waals surface area (Å²) in [6.07, 6.45) is 2.78. The molecule has 0 aromatic heterocycles. The molecule has 2 rings (SSSR count). The van der Waals surface area contributed by atoms with E-state index in [-0.39, 0.29) is 29.9 Å². The molecule has 7 nitrogen and oxygen atoms in total. The van der Waals surface area contributed by atoms with Crippen LogP contribution in [0.4, 0.5) is 5.69 Å². The number of methoxy groups -OCH3 is 1. The second kappa shape index (κ2) is 15.3. The van der Waals surface area contributed by atoms with E-state index in [1.165, 1.54) is 18.1 Å². The van der Waals surface area contributed by atoms with Crippen LogP contribution in [0, 0.1) is 0 Å². The Balaban J connectivity index is 0.00000512. The lowest BCUT2D eigenvalue weighted by molar-refractivity contribution is -0.114. The molecular formula is C24H35IN4O3. The molecule has 0 fully saturated rings. The van der Waals surface area contributed by atoms with Crippen LogP contribution in [0.2, 0.25) is 0 Å².